The van der Waals surface area contributed by atoms with Crippen molar-refractivity contribution in [2.24, 2.45) is 0 Å². The minimum Gasteiger partial charge on any atom is -0.310 e. The van der Waals surface area contributed by atoms with E-state index >= 15 is 0 Å². The molecule has 0 aromatic carbocycles. The van der Waals surface area contributed by atoms with E-state index in [1.165, 1.54) is 55.2 Å². The van der Waals surface area contributed by atoms with Crippen LogP contribution in [-0.2, 0) is 0 Å². The molecule has 2 atom stereocenters. The molecule has 2 aromatic rings. The molecular formula is C20H26N4. The van der Waals surface area contributed by atoms with Gasteiger partial charge in [0, 0.05) is 36.2 Å². The van der Waals surface area contributed by atoms with Gasteiger partial charge in [-0.05, 0) is 62.0 Å². The first-order valence-corrected chi connectivity index (χ1v) is 9.29. The summed E-state index contributed by atoms with van der Waals surface area (Å²) >= 11 is 0. The van der Waals surface area contributed by atoms with Gasteiger partial charge >= 0.3 is 0 Å². The second-order valence-corrected chi connectivity index (χ2v) is 6.94. The van der Waals surface area contributed by atoms with Crippen molar-refractivity contribution in [1.29, 1.82) is 0 Å². The van der Waals surface area contributed by atoms with Gasteiger partial charge in [0.2, 0.25) is 0 Å². The molecule has 2 aliphatic heterocycles. The quantitative estimate of drug-likeness (QED) is 0.903. The number of piperidine rings is 2. The van der Waals surface area contributed by atoms with Crippen molar-refractivity contribution in [2.75, 3.05) is 13.1 Å². The largest absolute Gasteiger partial charge is 0.310 e. The van der Waals surface area contributed by atoms with Crippen LogP contribution in [0.4, 0.5) is 0 Å². The lowest BCUT2D eigenvalue weighted by Crippen LogP contribution is -2.27. The Labute approximate surface area is 144 Å². The number of hydrogen-bond acceptors (Lipinski definition) is 4. The topological polar surface area (TPSA) is 49.8 Å². The molecule has 0 saturated carbocycles. The van der Waals surface area contributed by atoms with Crippen LogP contribution in [0.2, 0.25) is 0 Å². The van der Waals surface area contributed by atoms with Crippen LogP contribution in [0.1, 0.15) is 61.7 Å². The minimum absolute atomic E-state index is 0.406. The molecule has 2 fully saturated rings. The summed E-state index contributed by atoms with van der Waals surface area (Å²) in [4.78, 5) is 9.14. The Morgan fingerprint density at radius 2 is 1.62 bits per heavy atom. The van der Waals surface area contributed by atoms with Crippen molar-refractivity contribution in [3.05, 3.63) is 47.9 Å². The Morgan fingerprint density at radius 1 is 0.833 bits per heavy atom. The van der Waals surface area contributed by atoms with Crippen molar-refractivity contribution in [1.82, 2.24) is 20.6 Å². The smallest absolute Gasteiger partial charge is 0.0706 e. The van der Waals surface area contributed by atoms with Gasteiger partial charge in [0.1, 0.15) is 0 Å². The third-order valence-electron chi connectivity index (χ3n) is 5.31. The normalized spacial score (nSPS) is 24.7. The fraction of sp³-hybridized carbons (Fsp3) is 0.500. The van der Waals surface area contributed by atoms with Gasteiger partial charge in [0.25, 0.3) is 0 Å². The standard InChI is InChI=1S/C20H26N4/c1-3-10-22-18(5-1)15-7-8-20(24-13-15)16-9-12-21-14-17(16)19-6-2-4-11-23-19/h7-9,12-14,18-19,22-23H,1-6,10-11H2. The summed E-state index contributed by atoms with van der Waals surface area (Å²) < 4.78 is 0. The van der Waals surface area contributed by atoms with Gasteiger partial charge in [-0.3, -0.25) is 9.97 Å². The molecule has 2 aromatic heterocycles. The third-order valence-corrected chi connectivity index (χ3v) is 5.31. The molecule has 4 nitrogen and oxygen atoms in total. The monoisotopic (exact) mass is 322 g/mol. The predicted molar refractivity (Wildman–Crippen MR) is 96.7 cm³/mol. The van der Waals surface area contributed by atoms with Crippen molar-refractivity contribution >= 4 is 0 Å². The van der Waals surface area contributed by atoms with E-state index < -0.39 is 0 Å². The molecule has 0 amide bonds. The fourth-order valence-corrected chi connectivity index (χ4v) is 3.94. The highest BCUT2D eigenvalue weighted by atomic mass is 14.9. The summed E-state index contributed by atoms with van der Waals surface area (Å²) in [6.07, 6.45) is 13.5. The van der Waals surface area contributed by atoms with Gasteiger partial charge in [0.05, 0.1) is 5.69 Å². The molecule has 2 aliphatic rings. The summed E-state index contributed by atoms with van der Waals surface area (Å²) in [6, 6.07) is 7.39. The molecule has 0 radical (unpaired) electrons. The Kier molecular flexibility index (Phi) is 4.86. The lowest BCUT2D eigenvalue weighted by Gasteiger charge is -2.26. The second-order valence-electron chi connectivity index (χ2n) is 6.94. The first-order chi connectivity index (χ1) is 11.9. The van der Waals surface area contributed by atoms with Crippen LogP contribution in [0.3, 0.4) is 0 Å². The van der Waals surface area contributed by atoms with E-state index in [2.05, 4.69) is 40.0 Å². The summed E-state index contributed by atoms with van der Waals surface area (Å²) in [6.45, 7) is 2.22. The van der Waals surface area contributed by atoms with Crippen LogP contribution in [0.5, 0.6) is 0 Å². The van der Waals surface area contributed by atoms with Gasteiger partial charge < -0.3 is 10.6 Å². The SMILES string of the molecule is c1cc(-c2ccc(C3CCCCN3)cn2)c(C2CCCCN2)cn1. The lowest BCUT2D eigenvalue weighted by atomic mass is 9.93. The van der Waals surface area contributed by atoms with Crippen LogP contribution in [-0.4, -0.2) is 23.1 Å². The van der Waals surface area contributed by atoms with E-state index in [1.54, 1.807) is 0 Å². The summed E-state index contributed by atoms with van der Waals surface area (Å²) in [7, 11) is 0. The number of aromatic nitrogens is 2. The molecule has 0 spiro atoms. The molecule has 4 heteroatoms. The van der Waals surface area contributed by atoms with Crippen molar-refractivity contribution in [2.45, 2.75) is 50.6 Å². The minimum atomic E-state index is 0.406. The molecule has 4 heterocycles. The number of nitrogens with one attached hydrogen (secondary N) is 2. The zero-order valence-corrected chi connectivity index (χ0v) is 14.2. The zero-order chi connectivity index (χ0) is 16.2. The maximum Gasteiger partial charge on any atom is 0.0706 e. The molecule has 0 bridgehead atoms. The predicted octanol–water partition coefficient (Wildman–Crippen LogP) is 3.77. The van der Waals surface area contributed by atoms with Crippen molar-refractivity contribution in [3.8, 4) is 11.3 Å². The molecular weight excluding hydrogens is 296 g/mol. The highest BCUT2D eigenvalue weighted by molar-refractivity contribution is 5.63. The second kappa shape index (κ2) is 7.41. The molecule has 4 rings (SSSR count). The summed E-state index contributed by atoms with van der Waals surface area (Å²) in [5, 5.41) is 7.23. The first-order valence-electron chi connectivity index (χ1n) is 9.29. The molecule has 2 unspecified atom stereocenters. The van der Waals surface area contributed by atoms with E-state index in [9.17, 15) is 0 Å². The molecule has 24 heavy (non-hydrogen) atoms. The van der Waals surface area contributed by atoms with E-state index in [0.717, 1.165) is 18.8 Å². The van der Waals surface area contributed by atoms with E-state index in [-0.39, 0.29) is 0 Å². The van der Waals surface area contributed by atoms with Gasteiger partial charge in [-0.1, -0.05) is 18.9 Å². The summed E-state index contributed by atoms with van der Waals surface area (Å²) in [5.74, 6) is 0. The Hall–Kier alpha value is -1.78. The average molecular weight is 322 g/mol. The van der Waals surface area contributed by atoms with Gasteiger partial charge in [-0.15, -0.1) is 0 Å². The van der Waals surface area contributed by atoms with Gasteiger partial charge in [0.15, 0.2) is 0 Å². The maximum absolute atomic E-state index is 4.78. The number of hydrogen-bond donors (Lipinski definition) is 2. The third kappa shape index (κ3) is 3.35. The van der Waals surface area contributed by atoms with E-state index in [4.69, 9.17) is 4.98 Å². The zero-order valence-electron chi connectivity index (χ0n) is 14.2. The summed E-state index contributed by atoms with van der Waals surface area (Å²) in [5.41, 5.74) is 4.87. The van der Waals surface area contributed by atoms with Crippen molar-refractivity contribution < 1.29 is 0 Å². The number of pyridine rings is 2. The van der Waals surface area contributed by atoms with E-state index in [0.29, 0.717) is 12.1 Å². The van der Waals surface area contributed by atoms with Gasteiger partial charge in [-0.25, -0.2) is 0 Å². The molecule has 0 aliphatic carbocycles. The Morgan fingerprint density at radius 3 is 2.29 bits per heavy atom. The van der Waals surface area contributed by atoms with Crippen LogP contribution < -0.4 is 10.6 Å². The molecule has 2 saturated heterocycles. The van der Waals surface area contributed by atoms with E-state index in [1.807, 2.05) is 12.4 Å². The van der Waals surface area contributed by atoms with Crippen LogP contribution in [0.25, 0.3) is 11.3 Å². The highest BCUT2D eigenvalue weighted by Crippen LogP contribution is 2.31. The fourth-order valence-electron chi connectivity index (χ4n) is 3.94. The maximum atomic E-state index is 4.78. The van der Waals surface area contributed by atoms with Crippen LogP contribution in [0, 0.1) is 0 Å². The lowest BCUT2D eigenvalue weighted by molar-refractivity contribution is 0.411. The van der Waals surface area contributed by atoms with Crippen LogP contribution >= 0.6 is 0 Å². The first kappa shape index (κ1) is 15.7. The Balaban J connectivity index is 1.59. The molecule has 2 N–H and O–H groups in total. The average Bonchev–Trinajstić information content (AvgIpc) is 2.69. The Bertz CT molecular complexity index is 656. The van der Waals surface area contributed by atoms with Crippen molar-refractivity contribution in [3.63, 3.8) is 0 Å². The van der Waals surface area contributed by atoms with Gasteiger partial charge in [-0.2, -0.15) is 0 Å². The number of nitrogens with zero attached hydrogens (tertiary/aromatic N) is 2. The molecule has 126 valence electrons. The number of rotatable bonds is 3. The van der Waals surface area contributed by atoms with Crippen LogP contribution in [0.15, 0.2) is 36.8 Å². The highest BCUT2D eigenvalue weighted by Gasteiger charge is 2.20.